The summed E-state index contributed by atoms with van der Waals surface area (Å²) in [5.41, 5.74) is 0.787. The number of hydrogen-bond acceptors (Lipinski definition) is 4. The fourth-order valence-corrected chi connectivity index (χ4v) is 3.21. The number of carboxylic acid groups (broad SMARTS) is 1. The van der Waals surface area contributed by atoms with Crippen molar-refractivity contribution in [1.82, 2.24) is 9.88 Å². The first-order chi connectivity index (χ1) is 13.7. The highest BCUT2D eigenvalue weighted by atomic mass is 127. The Labute approximate surface area is 178 Å². The average Bonchev–Trinajstić information content (AvgIpc) is 2.69. The van der Waals surface area contributed by atoms with Gasteiger partial charge in [0, 0.05) is 35.7 Å². The maximum Gasteiger partial charge on any atom is 0.490 e. The summed E-state index contributed by atoms with van der Waals surface area (Å²) in [6.45, 7) is 1.46. The Morgan fingerprint density at radius 3 is 2.28 bits per heavy atom. The van der Waals surface area contributed by atoms with Crippen molar-refractivity contribution < 1.29 is 32.6 Å². The van der Waals surface area contributed by atoms with Gasteiger partial charge in [-0.15, -0.1) is 0 Å². The molecule has 1 aliphatic rings. The summed E-state index contributed by atoms with van der Waals surface area (Å²) in [5, 5.41) is 7.12. The molecule has 1 amide bonds. The van der Waals surface area contributed by atoms with Gasteiger partial charge in [-0.05, 0) is 46.9 Å². The molecular weight excluding hydrogens is 504 g/mol. The molecule has 1 fully saturated rings. The van der Waals surface area contributed by atoms with Gasteiger partial charge in [0.15, 0.2) is 0 Å². The third kappa shape index (κ3) is 7.18. The number of carbonyl (C=O) groups is 2. The smallest absolute Gasteiger partial charge is 0.489 e. The molecule has 3 rings (SSSR count). The van der Waals surface area contributed by atoms with Gasteiger partial charge >= 0.3 is 12.1 Å². The number of halogens is 4. The standard InChI is InChI=1S/C17H17IN2O2.C2HF3O2/c18-16-6-2-1-5-15(16)17(21)20-10-7-13(8-11-20)22-14-4-3-9-19-12-14;3-2(4,5)1(6)7/h1-6,9,12-13H,7-8,10-11H2;(H,6,7). The number of hydrogen-bond donors (Lipinski definition) is 1. The van der Waals surface area contributed by atoms with E-state index in [-0.39, 0.29) is 12.0 Å². The summed E-state index contributed by atoms with van der Waals surface area (Å²) < 4.78 is 38.6. The third-order valence-electron chi connectivity index (χ3n) is 4.01. The van der Waals surface area contributed by atoms with Crippen LogP contribution in [0.15, 0.2) is 48.8 Å². The van der Waals surface area contributed by atoms with Crippen LogP contribution in [0.1, 0.15) is 23.2 Å². The maximum atomic E-state index is 12.6. The lowest BCUT2D eigenvalue weighted by Crippen LogP contribution is -2.42. The molecule has 29 heavy (non-hydrogen) atoms. The van der Waals surface area contributed by atoms with Gasteiger partial charge in [0.05, 0.1) is 11.8 Å². The van der Waals surface area contributed by atoms with Crippen LogP contribution in [-0.4, -0.2) is 52.2 Å². The molecule has 156 valence electrons. The molecule has 0 atom stereocenters. The van der Waals surface area contributed by atoms with E-state index in [0.717, 1.165) is 40.8 Å². The second kappa shape index (κ2) is 10.4. The van der Waals surface area contributed by atoms with Crippen molar-refractivity contribution in [3.8, 4) is 5.75 Å². The predicted octanol–water partition coefficient (Wildman–Crippen LogP) is 4.00. The maximum absolute atomic E-state index is 12.6. The van der Waals surface area contributed by atoms with Gasteiger partial charge in [-0.25, -0.2) is 4.79 Å². The molecule has 2 heterocycles. The number of rotatable bonds is 3. The van der Waals surface area contributed by atoms with Crippen molar-refractivity contribution in [3.63, 3.8) is 0 Å². The van der Waals surface area contributed by atoms with E-state index in [4.69, 9.17) is 14.6 Å². The summed E-state index contributed by atoms with van der Waals surface area (Å²) in [5.74, 6) is -1.85. The molecule has 1 N–H and O–H groups in total. The topological polar surface area (TPSA) is 79.7 Å². The van der Waals surface area contributed by atoms with E-state index in [1.807, 2.05) is 41.3 Å². The van der Waals surface area contributed by atoms with Crippen LogP contribution in [0.5, 0.6) is 5.75 Å². The van der Waals surface area contributed by atoms with Crippen molar-refractivity contribution >= 4 is 34.5 Å². The lowest BCUT2D eigenvalue weighted by molar-refractivity contribution is -0.192. The van der Waals surface area contributed by atoms with Gasteiger partial charge in [-0.3, -0.25) is 9.78 Å². The summed E-state index contributed by atoms with van der Waals surface area (Å²) in [6.07, 6.45) is 0.233. The normalized spacial score (nSPS) is 14.6. The van der Waals surface area contributed by atoms with Crippen LogP contribution in [0.4, 0.5) is 13.2 Å². The number of alkyl halides is 3. The molecule has 1 aromatic heterocycles. The average molecular weight is 522 g/mol. The van der Waals surface area contributed by atoms with Gasteiger partial charge in [0.1, 0.15) is 11.9 Å². The number of pyridine rings is 1. The molecule has 2 aromatic rings. The van der Waals surface area contributed by atoms with Crippen molar-refractivity contribution in [3.05, 3.63) is 57.9 Å². The number of likely N-dealkylation sites (tertiary alicyclic amines) is 1. The monoisotopic (exact) mass is 522 g/mol. The minimum absolute atomic E-state index is 0.116. The molecule has 0 aliphatic carbocycles. The Morgan fingerprint density at radius 2 is 1.76 bits per heavy atom. The zero-order valence-electron chi connectivity index (χ0n) is 15.1. The van der Waals surface area contributed by atoms with E-state index in [1.165, 1.54) is 0 Å². The zero-order valence-corrected chi connectivity index (χ0v) is 17.3. The van der Waals surface area contributed by atoms with Crippen molar-refractivity contribution in [2.45, 2.75) is 25.1 Å². The second-order valence-corrected chi connectivity index (χ2v) is 7.24. The summed E-state index contributed by atoms with van der Waals surface area (Å²) in [6, 6.07) is 11.5. The van der Waals surface area contributed by atoms with Crippen LogP contribution in [0.2, 0.25) is 0 Å². The molecule has 0 saturated carbocycles. The molecule has 0 radical (unpaired) electrons. The number of piperidine rings is 1. The summed E-state index contributed by atoms with van der Waals surface area (Å²) in [4.78, 5) is 27.4. The molecule has 0 spiro atoms. The highest BCUT2D eigenvalue weighted by Gasteiger charge is 2.38. The third-order valence-corrected chi connectivity index (χ3v) is 4.95. The number of carbonyl (C=O) groups excluding carboxylic acids is 1. The molecule has 1 saturated heterocycles. The van der Waals surface area contributed by atoms with Gasteiger partial charge in [0.25, 0.3) is 5.91 Å². The SMILES string of the molecule is O=C(O)C(F)(F)F.O=C(c1ccccc1I)N1CCC(Oc2cccnc2)CC1. The van der Waals surface area contributed by atoms with Gasteiger partial charge in [-0.2, -0.15) is 13.2 Å². The van der Waals surface area contributed by atoms with Crippen LogP contribution in [-0.2, 0) is 4.79 Å². The number of carboxylic acids is 1. The van der Waals surface area contributed by atoms with Crippen molar-refractivity contribution in [2.75, 3.05) is 13.1 Å². The Balaban J connectivity index is 0.000000370. The molecular formula is C19H18F3IN2O4. The number of aliphatic carboxylic acids is 1. The van der Waals surface area contributed by atoms with Crippen LogP contribution in [0, 0.1) is 3.57 Å². The number of nitrogens with zero attached hydrogens (tertiary/aromatic N) is 2. The summed E-state index contributed by atoms with van der Waals surface area (Å²) >= 11 is 2.21. The van der Waals surface area contributed by atoms with E-state index < -0.39 is 12.1 Å². The Hall–Kier alpha value is -2.37. The van der Waals surface area contributed by atoms with Crippen molar-refractivity contribution in [2.24, 2.45) is 0 Å². The zero-order chi connectivity index (χ0) is 21.4. The van der Waals surface area contributed by atoms with Crippen LogP contribution in [0.3, 0.4) is 0 Å². The van der Waals surface area contributed by atoms with E-state index >= 15 is 0 Å². The fraction of sp³-hybridized carbons (Fsp3) is 0.316. The van der Waals surface area contributed by atoms with Crippen molar-refractivity contribution in [1.29, 1.82) is 0 Å². The molecule has 0 unspecified atom stereocenters. The second-order valence-electron chi connectivity index (χ2n) is 6.08. The predicted molar refractivity (Wildman–Crippen MR) is 107 cm³/mol. The first kappa shape index (κ1) is 22.9. The number of amides is 1. The quantitative estimate of drug-likeness (QED) is 0.617. The highest BCUT2D eigenvalue weighted by Crippen LogP contribution is 2.21. The largest absolute Gasteiger partial charge is 0.490 e. The Morgan fingerprint density at radius 1 is 1.14 bits per heavy atom. The molecule has 1 aromatic carbocycles. The van der Waals surface area contributed by atoms with Gasteiger partial charge < -0.3 is 14.7 Å². The Kier molecular flexibility index (Phi) is 8.23. The first-order valence-electron chi connectivity index (χ1n) is 8.59. The molecule has 1 aliphatic heterocycles. The molecule has 0 bridgehead atoms. The van der Waals surface area contributed by atoms with E-state index in [9.17, 15) is 18.0 Å². The number of benzene rings is 1. The van der Waals surface area contributed by atoms with E-state index in [1.54, 1.807) is 12.4 Å². The van der Waals surface area contributed by atoms with E-state index in [0.29, 0.717) is 0 Å². The molecule has 6 nitrogen and oxygen atoms in total. The van der Waals surface area contributed by atoms with Gasteiger partial charge in [-0.1, -0.05) is 12.1 Å². The summed E-state index contributed by atoms with van der Waals surface area (Å²) in [7, 11) is 0. The molecule has 10 heteroatoms. The minimum Gasteiger partial charge on any atom is -0.489 e. The lowest BCUT2D eigenvalue weighted by atomic mass is 10.1. The fourth-order valence-electron chi connectivity index (χ4n) is 2.59. The lowest BCUT2D eigenvalue weighted by Gasteiger charge is -2.32. The van der Waals surface area contributed by atoms with Gasteiger partial charge in [0.2, 0.25) is 0 Å². The number of aromatic nitrogens is 1. The van der Waals surface area contributed by atoms with Crippen LogP contribution in [0.25, 0.3) is 0 Å². The van der Waals surface area contributed by atoms with Crippen LogP contribution >= 0.6 is 22.6 Å². The highest BCUT2D eigenvalue weighted by molar-refractivity contribution is 14.1. The Bertz CT molecular complexity index is 826. The number of ether oxygens (including phenoxy) is 1. The van der Waals surface area contributed by atoms with E-state index in [2.05, 4.69) is 27.6 Å². The first-order valence-corrected chi connectivity index (χ1v) is 9.67. The van der Waals surface area contributed by atoms with Crippen LogP contribution < -0.4 is 4.74 Å². The minimum atomic E-state index is -5.08.